The van der Waals surface area contributed by atoms with Crippen molar-refractivity contribution in [1.82, 2.24) is 0 Å². The fourth-order valence-corrected chi connectivity index (χ4v) is 2.00. The second-order valence-corrected chi connectivity index (χ2v) is 5.17. The summed E-state index contributed by atoms with van der Waals surface area (Å²) in [5, 5.41) is 9.79. The van der Waals surface area contributed by atoms with Gasteiger partial charge in [0.05, 0.1) is 0 Å². The van der Waals surface area contributed by atoms with Gasteiger partial charge in [-0.15, -0.1) is 0 Å². The van der Waals surface area contributed by atoms with Gasteiger partial charge in [0.1, 0.15) is 6.04 Å². The molecule has 1 aromatic carbocycles. The number of amides is 1. The molecule has 0 saturated carbocycles. The number of halogens is 1. The fourth-order valence-electron chi connectivity index (χ4n) is 1.87. The van der Waals surface area contributed by atoms with Gasteiger partial charge in [-0.2, -0.15) is 0 Å². The fraction of sp³-hybridized carbons (Fsp3) is 0.357. The van der Waals surface area contributed by atoms with Gasteiger partial charge < -0.3 is 5.11 Å². The number of aliphatic carboxylic acids is 1. The largest absolute Gasteiger partial charge is 0.480 e. The Hall–Kier alpha value is -1.88. The van der Waals surface area contributed by atoms with Crippen molar-refractivity contribution in [3.05, 3.63) is 29.3 Å². The van der Waals surface area contributed by atoms with Crippen molar-refractivity contribution >= 4 is 34.9 Å². The average molecular weight is 298 g/mol. The summed E-state index contributed by atoms with van der Waals surface area (Å²) in [5.41, 5.74) is 0.329. The number of carboxylic acid groups (broad SMARTS) is 1. The third-order valence-corrected chi connectivity index (χ3v) is 3.04. The van der Waals surface area contributed by atoms with Gasteiger partial charge in [0.2, 0.25) is 5.78 Å². The summed E-state index contributed by atoms with van der Waals surface area (Å²) in [6.45, 7) is 4.47. The first-order valence-corrected chi connectivity index (χ1v) is 6.46. The molecular weight excluding hydrogens is 282 g/mol. The zero-order chi connectivity index (χ0) is 15.4. The van der Waals surface area contributed by atoms with Crippen molar-refractivity contribution in [3.63, 3.8) is 0 Å². The van der Waals surface area contributed by atoms with Crippen LogP contribution >= 0.6 is 11.6 Å². The number of carbonyl (C=O) groups excluding carboxylic acids is 2. The highest BCUT2D eigenvalue weighted by molar-refractivity contribution is 6.41. The number of nitrogens with zero attached hydrogens (tertiary/aromatic N) is 1. The number of Topliss-reactive ketones (excluding diaryl/α,β-unsaturated/α-hetero) is 1. The molecule has 1 atom stereocenters. The first kappa shape index (κ1) is 16.2. The van der Waals surface area contributed by atoms with E-state index in [0.29, 0.717) is 10.7 Å². The summed E-state index contributed by atoms with van der Waals surface area (Å²) < 4.78 is 0. The lowest BCUT2D eigenvalue weighted by atomic mass is 10.0. The molecule has 1 N–H and O–H groups in total. The number of benzene rings is 1. The van der Waals surface area contributed by atoms with E-state index in [1.54, 1.807) is 13.8 Å². The summed E-state index contributed by atoms with van der Waals surface area (Å²) in [7, 11) is 0. The summed E-state index contributed by atoms with van der Waals surface area (Å²) in [5.74, 6) is -3.09. The summed E-state index contributed by atoms with van der Waals surface area (Å²) in [6, 6.07) is 4.99. The predicted molar refractivity (Wildman–Crippen MR) is 75.9 cm³/mol. The van der Waals surface area contributed by atoms with E-state index >= 15 is 0 Å². The van der Waals surface area contributed by atoms with Gasteiger partial charge in [0.15, 0.2) is 0 Å². The van der Waals surface area contributed by atoms with Crippen molar-refractivity contribution in [2.24, 2.45) is 5.92 Å². The number of carboxylic acids is 1. The minimum Gasteiger partial charge on any atom is -0.480 e. The average Bonchev–Trinajstić information content (AvgIpc) is 2.35. The second-order valence-electron chi connectivity index (χ2n) is 4.73. The summed E-state index contributed by atoms with van der Waals surface area (Å²) >= 11 is 5.78. The third kappa shape index (κ3) is 3.57. The van der Waals surface area contributed by atoms with Crippen molar-refractivity contribution in [3.8, 4) is 0 Å². The van der Waals surface area contributed by atoms with Crippen LogP contribution in [0.4, 0.5) is 5.69 Å². The SMILES string of the molecule is CC(=O)C(=O)N(c1ccc(Cl)cc1)[C@H](C(=O)O)C(C)C. The molecule has 0 saturated heterocycles. The molecule has 0 fully saturated rings. The maximum absolute atomic E-state index is 12.1. The van der Waals surface area contributed by atoms with Crippen LogP contribution < -0.4 is 4.90 Å². The molecule has 0 heterocycles. The van der Waals surface area contributed by atoms with Crippen LogP contribution in [0.25, 0.3) is 0 Å². The Labute approximate surface area is 122 Å². The smallest absolute Gasteiger partial charge is 0.327 e. The van der Waals surface area contributed by atoms with Crippen LogP contribution in [-0.2, 0) is 14.4 Å². The van der Waals surface area contributed by atoms with Crippen molar-refractivity contribution in [2.45, 2.75) is 26.8 Å². The van der Waals surface area contributed by atoms with Crippen LogP contribution in [0.3, 0.4) is 0 Å². The molecule has 0 spiro atoms. The molecule has 1 aromatic rings. The van der Waals surface area contributed by atoms with Gasteiger partial charge in [-0.25, -0.2) is 4.79 Å². The minimum atomic E-state index is -1.16. The molecular formula is C14H16ClNO4. The van der Waals surface area contributed by atoms with Gasteiger partial charge in [-0.05, 0) is 30.2 Å². The summed E-state index contributed by atoms with van der Waals surface area (Å²) in [6.07, 6.45) is 0. The molecule has 0 bridgehead atoms. The number of ketones is 1. The lowest BCUT2D eigenvalue weighted by Gasteiger charge is -2.30. The van der Waals surface area contributed by atoms with Crippen LogP contribution in [0.5, 0.6) is 0 Å². The predicted octanol–water partition coefficient (Wildman–Crippen LogP) is 2.37. The van der Waals surface area contributed by atoms with Gasteiger partial charge >= 0.3 is 5.97 Å². The highest BCUT2D eigenvalue weighted by atomic mass is 35.5. The standard InChI is InChI=1S/C14H16ClNO4/c1-8(2)12(14(19)20)16(13(18)9(3)17)11-6-4-10(15)5-7-11/h4-8,12H,1-3H3,(H,19,20)/t12-/m0/s1. The van der Waals surface area contributed by atoms with E-state index in [0.717, 1.165) is 11.8 Å². The molecule has 6 heteroatoms. The van der Waals surface area contributed by atoms with Crippen molar-refractivity contribution in [2.75, 3.05) is 4.90 Å². The molecule has 108 valence electrons. The highest BCUT2D eigenvalue weighted by Gasteiger charge is 2.35. The number of anilines is 1. The van der Waals surface area contributed by atoms with Crippen LogP contribution in [0.1, 0.15) is 20.8 Å². The van der Waals surface area contributed by atoms with Crippen molar-refractivity contribution < 1.29 is 19.5 Å². The van der Waals surface area contributed by atoms with E-state index in [1.165, 1.54) is 24.3 Å². The van der Waals surface area contributed by atoms with E-state index < -0.39 is 23.7 Å². The quantitative estimate of drug-likeness (QED) is 0.847. The minimum absolute atomic E-state index is 0.329. The van der Waals surface area contributed by atoms with Crippen LogP contribution in [0, 0.1) is 5.92 Å². The molecule has 0 radical (unpaired) electrons. The van der Waals surface area contributed by atoms with E-state index in [2.05, 4.69) is 0 Å². The third-order valence-electron chi connectivity index (χ3n) is 2.79. The molecule has 20 heavy (non-hydrogen) atoms. The molecule has 0 aliphatic carbocycles. The van der Waals surface area contributed by atoms with Gasteiger partial charge in [0, 0.05) is 17.6 Å². The first-order valence-electron chi connectivity index (χ1n) is 6.08. The lowest BCUT2D eigenvalue weighted by Crippen LogP contribution is -2.50. The number of rotatable bonds is 5. The van der Waals surface area contributed by atoms with E-state index in [4.69, 9.17) is 11.6 Å². The Morgan fingerprint density at radius 1 is 1.15 bits per heavy atom. The summed E-state index contributed by atoms with van der Waals surface area (Å²) in [4.78, 5) is 35.8. The molecule has 1 amide bonds. The molecule has 0 aliphatic rings. The molecule has 0 aromatic heterocycles. The van der Waals surface area contributed by atoms with Gasteiger partial charge in [0.25, 0.3) is 5.91 Å². The van der Waals surface area contributed by atoms with Gasteiger partial charge in [-0.3, -0.25) is 14.5 Å². The Balaban J connectivity index is 3.34. The monoisotopic (exact) mass is 297 g/mol. The first-order chi connectivity index (χ1) is 9.25. The van der Waals surface area contributed by atoms with E-state index in [-0.39, 0.29) is 5.92 Å². The molecule has 5 nitrogen and oxygen atoms in total. The van der Waals surface area contributed by atoms with Crippen LogP contribution in [0.15, 0.2) is 24.3 Å². The second kappa shape index (κ2) is 6.52. The number of hydrogen-bond acceptors (Lipinski definition) is 3. The van der Waals surface area contributed by atoms with E-state index in [1.807, 2.05) is 0 Å². The zero-order valence-corrected chi connectivity index (χ0v) is 12.2. The maximum Gasteiger partial charge on any atom is 0.327 e. The molecule has 0 unspecified atom stereocenters. The Morgan fingerprint density at radius 3 is 2.00 bits per heavy atom. The highest BCUT2D eigenvalue weighted by Crippen LogP contribution is 2.24. The Bertz CT molecular complexity index is 524. The van der Waals surface area contributed by atoms with Crippen molar-refractivity contribution in [1.29, 1.82) is 0 Å². The molecule has 0 aliphatic heterocycles. The normalized spacial score (nSPS) is 12.1. The van der Waals surface area contributed by atoms with Crippen LogP contribution in [-0.4, -0.2) is 28.8 Å². The zero-order valence-electron chi connectivity index (χ0n) is 11.5. The lowest BCUT2D eigenvalue weighted by molar-refractivity contribution is -0.142. The Morgan fingerprint density at radius 2 is 1.65 bits per heavy atom. The Kier molecular flexibility index (Phi) is 5.27. The molecule has 1 rings (SSSR count). The number of hydrogen-bond donors (Lipinski definition) is 1. The van der Waals surface area contributed by atoms with Gasteiger partial charge in [-0.1, -0.05) is 25.4 Å². The maximum atomic E-state index is 12.1. The van der Waals surface area contributed by atoms with Crippen LogP contribution in [0.2, 0.25) is 5.02 Å². The topological polar surface area (TPSA) is 74.7 Å². The van der Waals surface area contributed by atoms with E-state index in [9.17, 15) is 19.5 Å². The number of carbonyl (C=O) groups is 3.